The molecule has 0 aromatic heterocycles. The van der Waals surface area contributed by atoms with E-state index >= 15 is 0 Å². The molecule has 0 radical (unpaired) electrons. The van der Waals surface area contributed by atoms with Gasteiger partial charge < -0.3 is 15.3 Å². The van der Waals surface area contributed by atoms with Gasteiger partial charge in [-0.25, -0.2) is 4.79 Å². The number of nitrogens with zero attached hydrogens (tertiary/aromatic N) is 1. The molecule has 2 N–H and O–H groups in total. The van der Waals surface area contributed by atoms with Crippen LogP contribution < -0.4 is 5.32 Å². The molecule has 1 unspecified atom stereocenters. The summed E-state index contributed by atoms with van der Waals surface area (Å²) in [6.45, 7) is 0.690. The van der Waals surface area contributed by atoms with Gasteiger partial charge in [0.2, 0.25) is 0 Å². The van der Waals surface area contributed by atoms with Crippen molar-refractivity contribution in [1.29, 1.82) is 0 Å². The molecule has 2 aromatic carbocycles. The number of carbonyl (C=O) groups is 1. The number of benzene rings is 2. The van der Waals surface area contributed by atoms with Gasteiger partial charge in [-0.05, 0) is 36.3 Å². The van der Waals surface area contributed by atoms with Gasteiger partial charge in [0.15, 0.2) is 0 Å². The summed E-state index contributed by atoms with van der Waals surface area (Å²) in [7, 11) is 1.82. The lowest BCUT2D eigenvalue weighted by atomic mass is 9.82. The van der Waals surface area contributed by atoms with E-state index in [0.717, 1.165) is 24.8 Å². The molecule has 0 heterocycles. The standard InChI is InChI=1S/C21H26N2O2/c1-23(15-17-12-19(24)13-17)21(25)22-20(18-10-6-3-7-11-18)14-16-8-4-2-5-9-16/h2-11,17,19-20,24H,12-15H2,1H3,(H,22,25). The number of aliphatic hydroxyl groups excluding tert-OH is 1. The van der Waals surface area contributed by atoms with Crippen LogP contribution in [0.4, 0.5) is 4.79 Å². The molecule has 25 heavy (non-hydrogen) atoms. The van der Waals surface area contributed by atoms with E-state index in [0.29, 0.717) is 12.5 Å². The smallest absolute Gasteiger partial charge is 0.317 e. The SMILES string of the molecule is CN(CC1CC(O)C1)C(=O)NC(Cc1ccccc1)c1ccccc1. The summed E-state index contributed by atoms with van der Waals surface area (Å²) in [6, 6.07) is 20.2. The molecule has 0 bridgehead atoms. The van der Waals surface area contributed by atoms with Gasteiger partial charge in [-0.15, -0.1) is 0 Å². The van der Waals surface area contributed by atoms with E-state index in [1.54, 1.807) is 4.90 Å². The van der Waals surface area contributed by atoms with Crippen LogP contribution in [0.25, 0.3) is 0 Å². The van der Waals surface area contributed by atoms with Crippen molar-refractivity contribution in [1.82, 2.24) is 10.2 Å². The predicted molar refractivity (Wildman–Crippen MR) is 99.2 cm³/mol. The molecule has 0 aliphatic heterocycles. The first kappa shape index (κ1) is 17.5. The lowest BCUT2D eigenvalue weighted by molar-refractivity contribution is 0.0323. The molecule has 132 valence electrons. The van der Waals surface area contributed by atoms with Crippen molar-refractivity contribution in [2.75, 3.05) is 13.6 Å². The number of nitrogens with one attached hydrogen (secondary N) is 1. The predicted octanol–water partition coefficient (Wildman–Crippen LogP) is 3.38. The van der Waals surface area contributed by atoms with Gasteiger partial charge in [0.05, 0.1) is 12.1 Å². The van der Waals surface area contributed by atoms with Crippen LogP contribution in [-0.4, -0.2) is 35.7 Å². The Morgan fingerprint density at radius 1 is 1.12 bits per heavy atom. The van der Waals surface area contributed by atoms with Gasteiger partial charge in [-0.2, -0.15) is 0 Å². The summed E-state index contributed by atoms with van der Waals surface area (Å²) in [4.78, 5) is 14.4. The molecule has 0 spiro atoms. The zero-order valence-corrected chi connectivity index (χ0v) is 14.6. The molecule has 1 atom stereocenters. The summed E-state index contributed by atoms with van der Waals surface area (Å²) in [5, 5.41) is 12.6. The maximum atomic E-state index is 12.6. The lowest BCUT2D eigenvalue weighted by Crippen LogP contribution is -2.45. The molecule has 1 fully saturated rings. The number of rotatable bonds is 6. The normalized spacial score (nSPS) is 20.4. The molecule has 2 aromatic rings. The topological polar surface area (TPSA) is 52.6 Å². The molecule has 2 amide bonds. The number of aliphatic hydroxyl groups is 1. The van der Waals surface area contributed by atoms with Crippen molar-refractivity contribution in [3.05, 3.63) is 71.8 Å². The number of urea groups is 1. The second kappa shape index (κ2) is 8.17. The van der Waals surface area contributed by atoms with Crippen LogP contribution in [0.15, 0.2) is 60.7 Å². The first-order chi connectivity index (χ1) is 12.1. The van der Waals surface area contributed by atoms with Crippen molar-refractivity contribution >= 4 is 6.03 Å². The quantitative estimate of drug-likeness (QED) is 0.848. The fraction of sp³-hybridized carbons (Fsp3) is 0.381. The van der Waals surface area contributed by atoms with E-state index in [4.69, 9.17) is 0 Å². The van der Waals surface area contributed by atoms with Gasteiger partial charge in [-0.3, -0.25) is 0 Å². The van der Waals surface area contributed by atoms with E-state index < -0.39 is 0 Å². The second-order valence-electron chi connectivity index (χ2n) is 6.97. The highest BCUT2D eigenvalue weighted by atomic mass is 16.3. The highest BCUT2D eigenvalue weighted by Crippen LogP contribution is 2.27. The Morgan fingerprint density at radius 2 is 1.72 bits per heavy atom. The molecule has 4 nitrogen and oxygen atoms in total. The second-order valence-corrected chi connectivity index (χ2v) is 6.97. The van der Waals surface area contributed by atoms with Gasteiger partial charge in [0, 0.05) is 13.6 Å². The minimum Gasteiger partial charge on any atom is -0.393 e. The van der Waals surface area contributed by atoms with E-state index in [2.05, 4.69) is 29.6 Å². The maximum Gasteiger partial charge on any atom is 0.317 e. The Bertz CT molecular complexity index is 669. The van der Waals surface area contributed by atoms with Crippen LogP contribution in [-0.2, 0) is 6.42 Å². The summed E-state index contributed by atoms with van der Waals surface area (Å²) in [5.41, 5.74) is 2.30. The van der Waals surface area contributed by atoms with E-state index in [1.807, 2.05) is 43.4 Å². The highest BCUT2D eigenvalue weighted by molar-refractivity contribution is 5.74. The van der Waals surface area contributed by atoms with Crippen molar-refractivity contribution < 1.29 is 9.90 Å². The average molecular weight is 338 g/mol. The summed E-state index contributed by atoms with van der Waals surface area (Å²) in [6.07, 6.45) is 2.16. The zero-order chi connectivity index (χ0) is 17.6. The van der Waals surface area contributed by atoms with Gasteiger partial charge in [-0.1, -0.05) is 60.7 Å². The Kier molecular flexibility index (Phi) is 5.71. The fourth-order valence-corrected chi connectivity index (χ4v) is 3.37. The minimum atomic E-state index is -0.184. The Balaban J connectivity index is 1.65. The summed E-state index contributed by atoms with van der Waals surface area (Å²) < 4.78 is 0. The summed E-state index contributed by atoms with van der Waals surface area (Å²) >= 11 is 0. The van der Waals surface area contributed by atoms with Crippen LogP contribution >= 0.6 is 0 Å². The van der Waals surface area contributed by atoms with E-state index in [1.165, 1.54) is 5.56 Å². The number of hydrogen-bond acceptors (Lipinski definition) is 2. The molecule has 1 saturated carbocycles. The third kappa shape index (κ3) is 4.83. The molecule has 1 aliphatic carbocycles. The fourth-order valence-electron chi connectivity index (χ4n) is 3.37. The largest absolute Gasteiger partial charge is 0.393 e. The Hall–Kier alpha value is -2.33. The van der Waals surface area contributed by atoms with E-state index in [-0.39, 0.29) is 18.2 Å². The molecular formula is C21H26N2O2. The third-order valence-electron chi connectivity index (χ3n) is 4.87. The highest BCUT2D eigenvalue weighted by Gasteiger charge is 2.29. The number of carbonyl (C=O) groups excluding carboxylic acids is 1. The Morgan fingerprint density at radius 3 is 2.32 bits per heavy atom. The Labute approximate surface area is 149 Å². The van der Waals surface area contributed by atoms with Crippen molar-refractivity contribution in [2.24, 2.45) is 5.92 Å². The van der Waals surface area contributed by atoms with Crippen LogP contribution in [0.3, 0.4) is 0 Å². The van der Waals surface area contributed by atoms with Gasteiger partial charge in [0.1, 0.15) is 0 Å². The molecular weight excluding hydrogens is 312 g/mol. The molecule has 3 rings (SSSR count). The number of amides is 2. The average Bonchev–Trinajstić information content (AvgIpc) is 2.61. The summed E-state index contributed by atoms with van der Waals surface area (Å²) in [5.74, 6) is 0.412. The van der Waals surface area contributed by atoms with Crippen LogP contribution in [0, 0.1) is 5.92 Å². The van der Waals surface area contributed by atoms with Crippen LogP contribution in [0.2, 0.25) is 0 Å². The maximum absolute atomic E-state index is 12.6. The van der Waals surface area contributed by atoms with Crippen molar-refractivity contribution in [3.63, 3.8) is 0 Å². The first-order valence-corrected chi connectivity index (χ1v) is 8.90. The molecule has 1 aliphatic rings. The third-order valence-corrected chi connectivity index (χ3v) is 4.87. The monoisotopic (exact) mass is 338 g/mol. The lowest BCUT2D eigenvalue weighted by Gasteiger charge is -2.35. The first-order valence-electron chi connectivity index (χ1n) is 8.90. The van der Waals surface area contributed by atoms with E-state index in [9.17, 15) is 9.90 Å². The molecule has 0 saturated heterocycles. The van der Waals surface area contributed by atoms with Crippen LogP contribution in [0.1, 0.15) is 30.0 Å². The van der Waals surface area contributed by atoms with Gasteiger partial charge in [0.25, 0.3) is 0 Å². The van der Waals surface area contributed by atoms with Crippen molar-refractivity contribution in [2.45, 2.75) is 31.4 Å². The minimum absolute atomic E-state index is 0.0637. The number of hydrogen-bond donors (Lipinski definition) is 2. The van der Waals surface area contributed by atoms with Crippen molar-refractivity contribution in [3.8, 4) is 0 Å². The molecule has 4 heteroatoms. The zero-order valence-electron chi connectivity index (χ0n) is 14.6. The van der Waals surface area contributed by atoms with Crippen LogP contribution in [0.5, 0.6) is 0 Å². The van der Waals surface area contributed by atoms with Gasteiger partial charge >= 0.3 is 6.03 Å².